The van der Waals surface area contributed by atoms with E-state index < -0.39 is 18.2 Å². The zero-order valence-corrected chi connectivity index (χ0v) is 17.4. The topological polar surface area (TPSA) is 88.7 Å². The second-order valence-electron chi connectivity index (χ2n) is 7.91. The number of hydrogen-bond donors (Lipinski definition) is 1. The molecule has 2 fully saturated rings. The van der Waals surface area contributed by atoms with Crippen molar-refractivity contribution in [3.63, 3.8) is 0 Å². The van der Waals surface area contributed by atoms with Crippen LogP contribution in [0.1, 0.15) is 5.56 Å². The van der Waals surface area contributed by atoms with Crippen molar-refractivity contribution < 1.29 is 24.0 Å². The molecule has 3 amide bonds. The lowest BCUT2D eigenvalue weighted by Crippen LogP contribution is -2.62. The van der Waals surface area contributed by atoms with Gasteiger partial charge >= 0.3 is 11.9 Å². The molecule has 2 unspecified atom stereocenters. The highest BCUT2D eigenvalue weighted by molar-refractivity contribution is 6.23. The van der Waals surface area contributed by atoms with E-state index in [1.807, 2.05) is 34.9 Å². The van der Waals surface area contributed by atoms with E-state index >= 15 is 0 Å². The Morgan fingerprint density at radius 2 is 1.87 bits per heavy atom. The molecule has 0 aliphatic carbocycles. The molecule has 0 spiro atoms. The first-order valence-corrected chi connectivity index (χ1v) is 10.2. The minimum Gasteiger partial charge on any atom is -0.388 e. The lowest BCUT2D eigenvalue weighted by atomic mass is 10.1. The van der Waals surface area contributed by atoms with Crippen molar-refractivity contribution in [2.24, 2.45) is 4.99 Å². The number of aliphatic imine (C=N–C) groups is 1. The molecule has 9 nitrogen and oxygen atoms in total. The Hall–Kier alpha value is -2.62. The Kier molecular flexibility index (Phi) is 5.94. The summed E-state index contributed by atoms with van der Waals surface area (Å²) in [4.78, 5) is 34.7. The van der Waals surface area contributed by atoms with E-state index in [2.05, 4.69) is 9.89 Å². The van der Waals surface area contributed by atoms with Gasteiger partial charge in [-0.25, -0.2) is 9.37 Å². The van der Waals surface area contributed by atoms with Crippen LogP contribution in [-0.4, -0.2) is 114 Å². The molecule has 0 saturated carbocycles. The summed E-state index contributed by atoms with van der Waals surface area (Å²) in [6, 6.07) is 8.76. The molecule has 2 atom stereocenters. The predicted octanol–water partition coefficient (Wildman–Crippen LogP) is -0.362. The fourth-order valence-electron chi connectivity index (χ4n) is 4.15. The van der Waals surface area contributed by atoms with Crippen molar-refractivity contribution in [1.82, 2.24) is 14.7 Å². The predicted molar refractivity (Wildman–Crippen MR) is 111 cm³/mol. The molecular weight excluding hydrogens is 386 g/mol. The summed E-state index contributed by atoms with van der Waals surface area (Å²) >= 11 is 0. The van der Waals surface area contributed by atoms with E-state index in [1.165, 1.54) is 11.9 Å². The maximum atomic E-state index is 13.0. The first-order chi connectivity index (χ1) is 14.5. The molecule has 2 saturated heterocycles. The van der Waals surface area contributed by atoms with Crippen LogP contribution in [0.2, 0.25) is 0 Å². The third-order valence-corrected chi connectivity index (χ3v) is 5.80. The summed E-state index contributed by atoms with van der Waals surface area (Å²) in [6.07, 6.45) is -0.145. The maximum absolute atomic E-state index is 13.0. The van der Waals surface area contributed by atoms with Crippen molar-refractivity contribution in [3.05, 3.63) is 35.9 Å². The number of carbonyl (C=O) groups excluding carboxylic acids is 2. The molecule has 4 rings (SSSR count). The van der Waals surface area contributed by atoms with E-state index in [0.29, 0.717) is 37.9 Å². The summed E-state index contributed by atoms with van der Waals surface area (Å²) in [5.41, 5.74) is 1.05. The fourth-order valence-corrected chi connectivity index (χ4v) is 4.15. The fraction of sp³-hybridized carbons (Fsp3) is 0.524. The van der Waals surface area contributed by atoms with Crippen molar-refractivity contribution in [1.29, 1.82) is 0 Å². The van der Waals surface area contributed by atoms with Crippen LogP contribution < -0.4 is 0 Å². The number of urea groups is 1. The van der Waals surface area contributed by atoms with Gasteiger partial charge in [0.05, 0.1) is 19.6 Å². The van der Waals surface area contributed by atoms with Crippen LogP contribution in [0.4, 0.5) is 4.79 Å². The van der Waals surface area contributed by atoms with Gasteiger partial charge in [-0.15, -0.1) is 0 Å². The van der Waals surface area contributed by atoms with Crippen molar-refractivity contribution in [3.8, 4) is 0 Å². The number of carbonyl (C=O) groups is 2. The second kappa shape index (κ2) is 8.63. The number of hydrogen-bond acceptors (Lipinski definition) is 6. The molecular formula is C21H28N5O4+. The molecule has 3 aliphatic heterocycles. The Labute approximate surface area is 175 Å². The van der Waals surface area contributed by atoms with Crippen molar-refractivity contribution in [2.75, 3.05) is 53.5 Å². The minimum atomic E-state index is -0.698. The van der Waals surface area contributed by atoms with Gasteiger partial charge in [-0.1, -0.05) is 30.3 Å². The molecule has 1 aromatic carbocycles. The summed E-state index contributed by atoms with van der Waals surface area (Å²) in [6.45, 7) is 3.64. The highest BCUT2D eigenvalue weighted by atomic mass is 16.5. The Bertz CT molecular complexity index is 879. The number of β-amino-alcohol motifs (C(OH)–C–C–N with tert-alkyl or cyclic N) is 1. The summed E-state index contributed by atoms with van der Waals surface area (Å²) < 4.78 is 7.23. The number of likely N-dealkylation sites (N-methyl/N-ethyl adjacent to an activating group) is 2. The lowest BCUT2D eigenvalue weighted by molar-refractivity contribution is -0.544. The molecule has 1 aromatic rings. The van der Waals surface area contributed by atoms with Gasteiger partial charge in [0.25, 0.3) is 17.8 Å². The van der Waals surface area contributed by atoms with Gasteiger partial charge in [-0.3, -0.25) is 19.5 Å². The standard InChI is InChI=1S/C21H28N5O4/c1-23-19-18(20(28)24(2)21(23)29)26(14-16(27)13-25-8-10-30-11-9-25)17(22-19)12-15-6-4-3-5-7-15/h3-7,16,18,27H,8-14H2,1-2H3/q+1. The molecule has 30 heavy (non-hydrogen) atoms. The normalized spacial score (nSPS) is 23.7. The number of nitrogens with zero attached hydrogens (tertiary/aromatic N) is 5. The third kappa shape index (κ3) is 4.00. The van der Waals surface area contributed by atoms with E-state index in [0.717, 1.165) is 23.6 Å². The number of aliphatic hydroxyl groups is 1. The van der Waals surface area contributed by atoms with Gasteiger partial charge in [0.1, 0.15) is 12.6 Å². The van der Waals surface area contributed by atoms with Crippen LogP contribution in [0, 0.1) is 0 Å². The number of morpholine rings is 1. The van der Waals surface area contributed by atoms with E-state index in [1.54, 1.807) is 7.05 Å². The number of amides is 3. The highest BCUT2D eigenvalue weighted by Gasteiger charge is 2.53. The molecule has 3 aliphatic rings. The zero-order valence-electron chi connectivity index (χ0n) is 17.4. The van der Waals surface area contributed by atoms with Gasteiger partial charge in [-0.05, 0) is 10.6 Å². The van der Waals surface area contributed by atoms with E-state index in [9.17, 15) is 14.7 Å². The first kappa shape index (κ1) is 20.6. The number of imide groups is 1. The molecule has 0 aromatic heterocycles. The summed E-state index contributed by atoms with van der Waals surface area (Å²) in [5, 5.41) is 10.8. The molecule has 0 bridgehead atoms. The number of benzene rings is 1. The number of aliphatic hydroxyl groups excluding tert-OH is 1. The van der Waals surface area contributed by atoms with Crippen molar-refractivity contribution in [2.45, 2.75) is 18.6 Å². The maximum Gasteiger partial charge on any atom is 0.333 e. The number of rotatable bonds is 6. The van der Waals surface area contributed by atoms with Gasteiger partial charge in [0.2, 0.25) is 0 Å². The number of amidine groups is 2. The molecule has 9 heteroatoms. The van der Waals surface area contributed by atoms with Crippen molar-refractivity contribution >= 4 is 23.6 Å². The van der Waals surface area contributed by atoms with Gasteiger partial charge in [0, 0.05) is 33.7 Å². The van der Waals surface area contributed by atoms with Crippen LogP contribution in [0.3, 0.4) is 0 Å². The average molecular weight is 414 g/mol. The summed E-state index contributed by atoms with van der Waals surface area (Å²) in [7, 11) is 3.11. The zero-order chi connectivity index (χ0) is 21.3. The van der Waals surface area contributed by atoms with E-state index in [4.69, 9.17) is 4.74 Å². The molecule has 3 heterocycles. The quantitative estimate of drug-likeness (QED) is 0.642. The largest absolute Gasteiger partial charge is 0.388 e. The Morgan fingerprint density at radius 3 is 2.57 bits per heavy atom. The van der Waals surface area contributed by atoms with Crippen LogP contribution >= 0.6 is 0 Å². The van der Waals surface area contributed by atoms with Crippen LogP contribution in [0.25, 0.3) is 0 Å². The van der Waals surface area contributed by atoms with E-state index in [-0.39, 0.29) is 12.5 Å². The van der Waals surface area contributed by atoms with Gasteiger partial charge in [-0.2, -0.15) is 0 Å². The SMILES string of the molecule is CN1C(=O)C2C(=NC(Cc3ccccc3)=[N+]2CC(O)CN2CCOCC2)N(C)C1=O. The third-order valence-electron chi connectivity index (χ3n) is 5.80. The Morgan fingerprint density at radius 1 is 1.17 bits per heavy atom. The lowest BCUT2D eigenvalue weighted by Gasteiger charge is -2.32. The Balaban J connectivity index is 1.61. The van der Waals surface area contributed by atoms with Crippen LogP contribution in [0.15, 0.2) is 35.3 Å². The monoisotopic (exact) mass is 414 g/mol. The number of ether oxygens (including phenoxy) is 1. The minimum absolute atomic E-state index is 0.263. The van der Waals surface area contributed by atoms with Gasteiger partial charge in [0.15, 0.2) is 0 Å². The van der Waals surface area contributed by atoms with Crippen LogP contribution in [-0.2, 0) is 16.0 Å². The average Bonchev–Trinajstić information content (AvgIpc) is 3.10. The molecule has 0 radical (unpaired) electrons. The smallest absolute Gasteiger partial charge is 0.333 e. The molecule has 160 valence electrons. The summed E-state index contributed by atoms with van der Waals surface area (Å²) in [5.74, 6) is 0.789. The second-order valence-corrected chi connectivity index (χ2v) is 7.91. The molecule has 1 N–H and O–H groups in total. The highest BCUT2D eigenvalue weighted by Crippen LogP contribution is 2.21. The first-order valence-electron chi connectivity index (χ1n) is 10.2. The van der Waals surface area contributed by atoms with Crippen LogP contribution in [0.5, 0.6) is 0 Å². The number of fused-ring (bicyclic) bond motifs is 1. The van der Waals surface area contributed by atoms with Gasteiger partial charge < -0.3 is 9.84 Å².